The predicted octanol–water partition coefficient (Wildman–Crippen LogP) is 2.54. The van der Waals surface area contributed by atoms with Crippen molar-refractivity contribution in [2.45, 2.75) is 12.8 Å². The number of hydrogen-bond donors (Lipinski definition) is 1. The fourth-order valence-corrected chi connectivity index (χ4v) is 3.28. The zero-order chi connectivity index (χ0) is 12.6. The lowest BCUT2D eigenvalue weighted by molar-refractivity contribution is 0.149. The zero-order valence-corrected chi connectivity index (χ0v) is 11.5. The molecule has 1 aromatic rings. The molecule has 4 heteroatoms. The summed E-state index contributed by atoms with van der Waals surface area (Å²) in [5.74, 6) is 0.920. The summed E-state index contributed by atoms with van der Waals surface area (Å²) in [6, 6.07) is 5.84. The molecule has 2 heterocycles. The van der Waals surface area contributed by atoms with E-state index in [2.05, 4.69) is 10.2 Å². The van der Waals surface area contributed by atoms with Crippen molar-refractivity contribution in [3.05, 3.63) is 23.2 Å². The van der Waals surface area contributed by atoms with Crippen LogP contribution in [0.3, 0.4) is 0 Å². The van der Waals surface area contributed by atoms with Gasteiger partial charge in [-0.25, -0.2) is 0 Å². The first-order chi connectivity index (χ1) is 8.72. The van der Waals surface area contributed by atoms with Gasteiger partial charge in [0.1, 0.15) is 5.75 Å². The molecule has 0 aromatic heterocycles. The minimum Gasteiger partial charge on any atom is -0.495 e. The summed E-state index contributed by atoms with van der Waals surface area (Å²) in [7, 11) is 1.72. The van der Waals surface area contributed by atoms with Crippen LogP contribution in [0.25, 0.3) is 0 Å². The van der Waals surface area contributed by atoms with Gasteiger partial charge in [-0.2, -0.15) is 0 Å². The first kappa shape index (κ1) is 12.1. The quantitative estimate of drug-likeness (QED) is 0.890. The van der Waals surface area contributed by atoms with Gasteiger partial charge in [0, 0.05) is 23.5 Å². The molecule has 3 rings (SSSR count). The van der Waals surface area contributed by atoms with E-state index in [-0.39, 0.29) is 0 Å². The molecule has 0 atom stereocenters. The van der Waals surface area contributed by atoms with Crippen molar-refractivity contribution in [3.63, 3.8) is 0 Å². The molecule has 18 heavy (non-hydrogen) atoms. The van der Waals surface area contributed by atoms with Gasteiger partial charge < -0.3 is 15.0 Å². The molecule has 3 nitrogen and oxygen atoms in total. The van der Waals surface area contributed by atoms with E-state index in [1.165, 1.54) is 12.8 Å². The number of hydrogen-bond acceptors (Lipinski definition) is 3. The maximum Gasteiger partial charge on any atom is 0.142 e. The fourth-order valence-electron chi connectivity index (χ4n) is 3.12. The summed E-state index contributed by atoms with van der Waals surface area (Å²) in [5, 5.41) is 4.21. The van der Waals surface area contributed by atoms with Crippen molar-refractivity contribution in [2.24, 2.45) is 5.41 Å². The third kappa shape index (κ3) is 2.06. The largest absolute Gasteiger partial charge is 0.495 e. The Kier molecular flexibility index (Phi) is 3.12. The van der Waals surface area contributed by atoms with Crippen LogP contribution in [0.4, 0.5) is 5.69 Å². The number of halogens is 1. The predicted molar refractivity (Wildman–Crippen MR) is 74.8 cm³/mol. The monoisotopic (exact) mass is 266 g/mol. The van der Waals surface area contributed by atoms with Gasteiger partial charge in [-0.05, 0) is 44.1 Å². The molecular weight excluding hydrogens is 248 g/mol. The number of rotatable bonds is 2. The van der Waals surface area contributed by atoms with Crippen LogP contribution in [0, 0.1) is 5.41 Å². The van der Waals surface area contributed by atoms with Crippen LogP contribution in [0.15, 0.2) is 18.2 Å². The van der Waals surface area contributed by atoms with E-state index in [1.54, 1.807) is 7.11 Å². The smallest absolute Gasteiger partial charge is 0.142 e. The molecule has 2 fully saturated rings. The minimum absolute atomic E-state index is 0.526. The summed E-state index contributed by atoms with van der Waals surface area (Å²) < 4.78 is 5.42. The zero-order valence-electron chi connectivity index (χ0n) is 10.7. The molecule has 98 valence electrons. The molecule has 1 spiro atoms. The third-order valence-electron chi connectivity index (χ3n) is 4.20. The molecule has 0 saturated carbocycles. The molecule has 0 aliphatic carbocycles. The van der Waals surface area contributed by atoms with Gasteiger partial charge in [-0.3, -0.25) is 0 Å². The van der Waals surface area contributed by atoms with Crippen molar-refractivity contribution >= 4 is 17.3 Å². The van der Waals surface area contributed by atoms with E-state index in [1.807, 2.05) is 18.2 Å². The van der Waals surface area contributed by atoms with Crippen molar-refractivity contribution in [2.75, 3.05) is 38.2 Å². The molecule has 2 saturated heterocycles. The number of anilines is 1. The van der Waals surface area contributed by atoms with Gasteiger partial charge >= 0.3 is 0 Å². The number of nitrogens with zero attached hydrogens (tertiary/aromatic N) is 1. The second kappa shape index (κ2) is 4.63. The number of ether oxygens (including phenoxy) is 1. The minimum atomic E-state index is 0.526. The highest BCUT2D eigenvalue weighted by atomic mass is 35.5. The fraction of sp³-hybridized carbons (Fsp3) is 0.571. The molecule has 0 bridgehead atoms. The molecule has 1 aromatic carbocycles. The van der Waals surface area contributed by atoms with Crippen LogP contribution in [0.5, 0.6) is 5.75 Å². The van der Waals surface area contributed by atoms with Gasteiger partial charge in [0.2, 0.25) is 0 Å². The second-order valence-corrected chi connectivity index (χ2v) is 5.86. The summed E-state index contributed by atoms with van der Waals surface area (Å²) in [4.78, 5) is 2.38. The average Bonchev–Trinajstić information content (AvgIpc) is 2.37. The Hall–Kier alpha value is -0.930. The van der Waals surface area contributed by atoms with Gasteiger partial charge in [0.05, 0.1) is 12.8 Å². The highest BCUT2D eigenvalue weighted by Gasteiger charge is 2.44. The first-order valence-corrected chi connectivity index (χ1v) is 6.89. The highest BCUT2D eigenvalue weighted by Crippen LogP contribution is 2.44. The van der Waals surface area contributed by atoms with Crippen LogP contribution in [0.1, 0.15) is 12.8 Å². The van der Waals surface area contributed by atoms with Gasteiger partial charge in [0.15, 0.2) is 0 Å². The Balaban J connectivity index is 1.75. The van der Waals surface area contributed by atoms with E-state index < -0.39 is 0 Å². The Morgan fingerprint density at radius 3 is 2.67 bits per heavy atom. The molecule has 2 aliphatic heterocycles. The normalized spacial score (nSPS) is 21.8. The van der Waals surface area contributed by atoms with Crippen LogP contribution in [0.2, 0.25) is 5.02 Å². The highest BCUT2D eigenvalue weighted by molar-refractivity contribution is 6.30. The molecule has 0 unspecified atom stereocenters. The van der Waals surface area contributed by atoms with E-state index in [9.17, 15) is 0 Å². The number of benzene rings is 1. The molecule has 1 N–H and O–H groups in total. The van der Waals surface area contributed by atoms with Crippen LogP contribution in [-0.2, 0) is 0 Å². The maximum atomic E-state index is 6.08. The van der Waals surface area contributed by atoms with Crippen LogP contribution in [-0.4, -0.2) is 33.3 Å². The van der Waals surface area contributed by atoms with Gasteiger partial charge in [-0.1, -0.05) is 11.6 Å². The lowest BCUT2D eigenvalue weighted by Gasteiger charge is -2.53. The lowest BCUT2D eigenvalue weighted by Crippen LogP contribution is -2.60. The van der Waals surface area contributed by atoms with E-state index in [0.29, 0.717) is 5.41 Å². The van der Waals surface area contributed by atoms with E-state index in [4.69, 9.17) is 16.3 Å². The van der Waals surface area contributed by atoms with Crippen LogP contribution < -0.4 is 15.0 Å². The third-order valence-corrected chi connectivity index (χ3v) is 4.43. The van der Waals surface area contributed by atoms with Crippen LogP contribution >= 0.6 is 11.6 Å². The second-order valence-electron chi connectivity index (χ2n) is 5.42. The first-order valence-electron chi connectivity index (χ1n) is 6.52. The number of piperidine rings is 1. The molecular formula is C14H19ClN2O. The van der Waals surface area contributed by atoms with E-state index >= 15 is 0 Å². The van der Waals surface area contributed by atoms with Crippen molar-refractivity contribution in [1.82, 2.24) is 5.32 Å². The van der Waals surface area contributed by atoms with Gasteiger partial charge in [-0.15, -0.1) is 0 Å². The van der Waals surface area contributed by atoms with Crippen molar-refractivity contribution in [3.8, 4) is 5.75 Å². The Morgan fingerprint density at radius 1 is 1.28 bits per heavy atom. The summed E-state index contributed by atoms with van der Waals surface area (Å²) in [6.45, 7) is 4.57. The van der Waals surface area contributed by atoms with E-state index in [0.717, 1.165) is 42.6 Å². The molecule has 0 radical (unpaired) electrons. The van der Waals surface area contributed by atoms with Crippen molar-refractivity contribution in [1.29, 1.82) is 0 Å². The topological polar surface area (TPSA) is 24.5 Å². The SMILES string of the molecule is COc1ccc(Cl)cc1N1CC2(CCNCC2)C1. The Bertz CT molecular complexity index is 435. The lowest BCUT2D eigenvalue weighted by atomic mass is 9.72. The Labute approximate surface area is 113 Å². The maximum absolute atomic E-state index is 6.08. The van der Waals surface area contributed by atoms with Crippen molar-refractivity contribution < 1.29 is 4.74 Å². The standard InChI is InChI=1S/C14H19ClN2O/c1-18-13-3-2-11(15)8-12(13)17-9-14(10-17)4-6-16-7-5-14/h2-3,8,16H,4-7,9-10H2,1H3. The molecule has 0 amide bonds. The summed E-state index contributed by atoms with van der Waals surface area (Å²) in [6.07, 6.45) is 2.57. The number of methoxy groups -OCH3 is 1. The van der Waals surface area contributed by atoms with Gasteiger partial charge in [0.25, 0.3) is 0 Å². The summed E-state index contributed by atoms with van der Waals surface area (Å²) in [5.41, 5.74) is 1.66. The number of nitrogens with one attached hydrogen (secondary N) is 1. The average molecular weight is 267 g/mol. The Morgan fingerprint density at radius 2 is 2.00 bits per heavy atom. The molecule has 2 aliphatic rings. The summed E-state index contributed by atoms with van der Waals surface area (Å²) >= 11 is 6.08.